The zero-order valence-electron chi connectivity index (χ0n) is 27.2. The van der Waals surface area contributed by atoms with Crippen molar-refractivity contribution in [2.24, 2.45) is 11.8 Å². The molecule has 2 N–H and O–H groups in total. The summed E-state index contributed by atoms with van der Waals surface area (Å²) in [7, 11) is -0.697. The first-order valence-electron chi connectivity index (χ1n) is 16.3. The van der Waals surface area contributed by atoms with Gasteiger partial charge in [0.15, 0.2) is 5.60 Å². The maximum absolute atomic E-state index is 13.5. The first kappa shape index (κ1) is 33.8. The van der Waals surface area contributed by atoms with Crippen LogP contribution in [0.3, 0.4) is 0 Å². The molecule has 6 rings (SSSR count). The number of aryl methyl sites for hydroxylation is 1. The van der Waals surface area contributed by atoms with Gasteiger partial charge < -0.3 is 24.4 Å². The molecule has 2 aromatic carbocycles. The van der Waals surface area contributed by atoms with Crippen LogP contribution in [0.15, 0.2) is 48.6 Å². The highest BCUT2D eigenvalue weighted by Crippen LogP contribution is 2.47. The van der Waals surface area contributed by atoms with Crippen LogP contribution >= 0.6 is 11.6 Å². The minimum atomic E-state index is -4.04. The summed E-state index contributed by atoms with van der Waals surface area (Å²) in [6, 6.07) is 11.1. The number of nitrogens with zero attached hydrogens (tertiary/aromatic N) is 2. The first-order valence-corrected chi connectivity index (χ1v) is 18.6. The number of ether oxygens (including phenoxy) is 2. The number of fused-ring (bicyclic) bond motifs is 4. The zero-order chi connectivity index (χ0) is 33.6. The van der Waals surface area contributed by atoms with Gasteiger partial charge in [-0.3, -0.25) is 14.3 Å². The third kappa shape index (κ3) is 6.77. The molecule has 4 aliphatic rings. The fourth-order valence-corrected chi connectivity index (χ4v) is 8.55. The molecule has 1 saturated carbocycles. The number of carbonyl (C=O) groups excluding carboxylic acids is 2. The Morgan fingerprint density at radius 3 is 2.72 bits per heavy atom. The second-order valence-electron chi connectivity index (χ2n) is 13.8. The smallest absolute Gasteiger partial charge is 0.270 e. The average molecular weight is 686 g/mol. The molecule has 5 atom stereocenters. The van der Waals surface area contributed by atoms with Crippen LogP contribution in [0.5, 0.6) is 5.75 Å². The largest absolute Gasteiger partial charge is 0.490 e. The number of methoxy groups -OCH3 is 1. The van der Waals surface area contributed by atoms with Crippen molar-refractivity contribution in [2.45, 2.75) is 62.1 Å². The number of sulfonamides is 1. The minimum absolute atomic E-state index is 0.0621. The molecule has 47 heavy (non-hydrogen) atoms. The molecule has 0 unspecified atom stereocenters. The van der Waals surface area contributed by atoms with Crippen molar-refractivity contribution in [2.75, 3.05) is 51.6 Å². The lowest BCUT2D eigenvalue weighted by molar-refractivity contribution is -0.148. The maximum atomic E-state index is 13.5. The molecule has 10 nitrogen and oxygen atoms in total. The van der Waals surface area contributed by atoms with Gasteiger partial charge in [0.25, 0.3) is 5.91 Å². The third-order valence-corrected chi connectivity index (χ3v) is 11.4. The number of amides is 2. The van der Waals surface area contributed by atoms with E-state index < -0.39 is 33.9 Å². The van der Waals surface area contributed by atoms with Gasteiger partial charge in [-0.25, -0.2) is 8.42 Å². The van der Waals surface area contributed by atoms with Gasteiger partial charge in [-0.05, 0) is 91.3 Å². The molecule has 12 heteroatoms. The zero-order valence-corrected chi connectivity index (χ0v) is 28.8. The van der Waals surface area contributed by atoms with E-state index in [0.717, 1.165) is 38.4 Å². The van der Waals surface area contributed by atoms with Crippen LogP contribution in [-0.4, -0.2) is 83.0 Å². The number of carbonyl (C=O) groups is 2. The molecule has 2 heterocycles. The highest BCUT2D eigenvalue weighted by atomic mass is 35.5. The van der Waals surface area contributed by atoms with Crippen molar-refractivity contribution in [3.8, 4) is 5.75 Å². The molecular weight excluding hydrogens is 642 g/mol. The summed E-state index contributed by atoms with van der Waals surface area (Å²) in [5.41, 5.74) is 0.449. The van der Waals surface area contributed by atoms with Gasteiger partial charge in [-0.15, -0.1) is 0 Å². The molecule has 1 spiro atoms. The lowest BCUT2D eigenvalue weighted by Crippen LogP contribution is -2.50. The van der Waals surface area contributed by atoms with Crippen LogP contribution in [0.2, 0.25) is 5.02 Å². The maximum Gasteiger partial charge on any atom is 0.270 e. The number of hydrogen-bond donors (Lipinski definition) is 2. The Bertz CT molecular complexity index is 1680. The van der Waals surface area contributed by atoms with Crippen LogP contribution in [0.25, 0.3) is 0 Å². The number of rotatable bonds is 3. The lowest BCUT2D eigenvalue weighted by Gasteiger charge is -2.46. The van der Waals surface area contributed by atoms with Crippen molar-refractivity contribution in [1.29, 1.82) is 0 Å². The molecule has 0 aromatic heterocycles. The monoisotopic (exact) mass is 685 g/mol. The van der Waals surface area contributed by atoms with Crippen molar-refractivity contribution < 1.29 is 32.6 Å². The van der Waals surface area contributed by atoms with E-state index >= 15 is 0 Å². The first-order chi connectivity index (χ1) is 22.3. The normalized spacial score (nSPS) is 30.3. The fraction of sp³-hybridized carbons (Fsp3) is 0.543. The topological polar surface area (TPSA) is 125 Å². The number of halogens is 1. The van der Waals surface area contributed by atoms with E-state index in [9.17, 15) is 23.1 Å². The highest BCUT2D eigenvalue weighted by molar-refractivity contribution is 7.89. The van der Waals surface area contributed by atoms with E-state index in [1.807, 2.05) is 22.9 Å². The SMILES string of the molecule is CO[C@H]1/C=C\CCN(C)C(=O)C[C@](O)(C(=O)NS(C)(=O)=O)c2ccc3c(c2)N(C[C@@H]2CC[C@H]21)C[C@@]1(CCCc2cc(Cl)ccc21)CO3. The second-order valence-corrected chi connectivity index (χ2v) is 15.9. The van der Waals surface area contributed by atoms with Gasteiger partial charge in [-0.2, -0.15) is 0 Å². The van der Waals surface area contributed by atoms with Gasteiger partial charge in [0.1, 0.15) is 5.75 Å². The van der Waals surface area contributed by atoms with Gasteiger partial charge >= 0.3 is 0 Å². The molecular formula is C35H44ClN3O7S. The fourth-order valence-electron chi connectivity index (χ4n) is 7.85. The predicted octanol–water partition coefficient (Wildman–Crippen LogP) is 3.93. The van der Waals surface area contributed by atoms with Crippen LogP contribution in [0.4, 0.5) is 5.69 Å². The predicted molar refractivity (Wildman–Crippen MR) is 180 cm³/mol. The van der Waals surface area contributed by atoms with Crippen molar-refractivity contribution in [3.63, 3.8) is 0 Å². The van der Waals surface area contributed by atoms with E-state index in [0.29, 0.717) is 61.0 Å². The Morgan fingerprint density at radius 1 is 1.19 bits per heavy atom. The van der Waals surface area contributed by atoms with Crippen molar-refractivity contribution in [3.05, 3.63) is 70.3 Å². The Kier molecular flexibility index (Phi) is 9.38. The Morgan fingerprint density at radius 2 is 2.00 bits per heavy atom. The quantitative estimate of drug-likeness (QED) is 0.466. The molecule has 1 fully saturated rings. The van der Waals surface area contributed by atoms with Crippen LogP contribution < -0.4 is 14.4 Å². The van der Waals surface area contributed by atoms with Gasteiger partial charge in [-0.1, -0.05) is 35.9 Å². The van der Waals surface area contributed by atoms with E-state index in [-0.39, 0.29) is 17.1 Å². The summed E-state index contributed by atoms with van der Waals surface area (Å²) in [5, 5.41) is 12.8. The van der Waals surface area contributed by atoms with E-state index in [4.69, 9.17) is 21.1 Å². The van der Waals surface area contributed by atoms with E-state index in [1.54, 1.807) is 32.4 Å². The summed E-state index contributed by atoms with van der Waals surface area (Å²) < 4.78 is 38.8. The van der Waals surface area contributed by atoms with Gasteiger partial charge in [0, 0.05) is 44.2 Å². The Hall–Kier alpha value is -3.12. The third-order valence-electron chi connectivity index (χ3n) is 10.6. The van der Waals surface area contributed by atoms with Gasteiger partial charge in [0.2, 0.25) is 15.9 Å². The summed E-state index contributed by atoms with van der Waals surface area (Å²) in [6.45, 7) is 2.11. The van der Waals surface area contributed by atoms with Crippen molar-refractivity contribution in [1.82, 2.24) is 9.62 Å². The molecule has 0 saturated heterocycles. The van der Waals surface area contributed by atoms with Crippen molar-refractivity contribution >= 4 is 39.1 Å². The van der Waals surface area contributed by atoms with Crippen LogP contribution in [0.1, 0.15) is 55.2 Å². The molecule has 2 aliphatic carbocycles. The number of aliphatic hydroxyl groups is 1. The summed E-state index contributed by atoms with van der Waals surface area (Å²) in [5.74, 6) is -0.473. The molecule has 2 bridgehead atoms. The van der Waals surface area contributed by atoms with Gasteiger partial charge in [0.05, 0.1) is 31.1 Å². The molecule has 254 valence electrons. The number of nitrogens with one attached hydrogen (secondary N) is 1. The molecule has 2 aromatic rings. The van der Waals surface area contributed by atoms with Crippen LogP contribution in [-0.2, 0) is 41.8 Å². The Labute approximate surface area is 282 Å². The molecule has 0 radical (unpaired) electrons. The molecule has 2 aliphatic heterocycles. The Balaban J connectivity index is 1.48. The standard InChI is InChI=1S/C35H44ClN3O7S/c1-38-16-5-4-8-30(45-2)27-12-9-24(27)20-39-21-34(15-6-7-23-17-26(36)11-13-28(23)34)22-46-31-14-10-25(18-29(31)39)35(42,19-32(38)40)33(41)37-47(3,43)44/h4,8,10-11,13-14,17-18,24,27,30,42H,5-7,9,12,15-16,19-22H2,1-3H3,(H,37,41)/b8-4-/t24-,27+,30-,34-,35+/m0/s1. The number of hydrogen-bond acceptors (Lipinski definition) is 8. The highest BCUT2D eigenvalue weighted by Gasteiger charge is 2.46. The minimum Gasteiger partial charge on any atom is -0.490 e. The summed E-state index contributed by atoms with van der Waals surface area (Å²) in [4.78, 5) is 30.7. The number of benzene rings is 2. The number of anilines is 1. The van der Waals surface area contributed by atoms with E-state index in [2.05, 4.69) is 17.0 Å². The van der Waals surface area contributed by atoms with Crippen LogP contribution in [0, 0.1) is 11.8 Å². The summed E-state index contributed by atoms with van der Waals surface area (Å²) in [6.07, 6.45) is 9.68. The second kappa shape index (κ2) is 13.1. The molecule has 2 amide bonds. The summed E-state index contributed by atoms with van der Waals surface area (Å²) >= 11 is 6.42. The lowest BCUT2D eigenvalue weighted by atomic mass is 9.68. The average Bonchev–Trinajstić information content (AvgIpc) is 3.15. The van der Waals surface area contributed by atoms with E-state index in [1.165, 1.54) is 16.0 Å².